The summed E-state index contributed by atoms with van der Waals surface area (Å²) < 4.78 is 12.2. The Labute approximate surface area is 161 Å². The van der Waals surface area contributed by atoms with Gasteiger partial charge >= 0.3 is 0 Å². The van der Waals surface area contributed by atoms with Crippen LogP contribution in [0.4, 0.5) is 0 Å². The number of benzene rings is 2. The van der Waals surface area contributed by atoms with E-state index in [1.54, 1.807) is 43.9 Å². The molecule has 0 saturated heterocycles. The minimum absolute atomic E-state index is 0.136. The predicted octanol–water partition coefficient (Wildman–Crippen LogP) is 3.47. The zero-order valence-corrected chi connectivity index (χ0v) is 16.1. The smallest absolute Gasteiger partial charge is 0.262 e. The molecule has 27 heavy (non-hydrogen) atoms. The lowest BCUT2D eigenvalue weighted by Crippen LogP contribution is -2.24. The Balaban J connectivity index is 2.12. The molecule has 0 aliphatic carbocycles. The molecule has 0 fully saturated rings. The zero-order chi connectivity index (χ0) is 19.4. The third-order valence-electron chi connectivity index (χ3n) is 4.08. The summed E-state index contributed by atoms with van der Waals surface area (Å²) in [4.78, 5) is 17.7. The highest BCUT2D eigenvalue weighted by Gasteiger charge is 2.15. The van der Waals surface area contributed by atoms with Gasteiger partial charge in [-0.2, -0.15) is 5.26 Å². The highest BCUT2D eigenvalue weighted by molar-refractivity contribution is 8.00. The number of nitriles is 1. The normalized spacial score (nSPS) is 11.8. The zero-order valence-electron chi connectivity index (χ0n) is 15.3. The van der Waals surface area contributed by atoms with Crippen molar-refractivity contribution in [3.63, 3.8) is 0 Å². The van der Waals surface area contributed by atoms with E-state index in [2.05, 4.69) is 11.1 Å². The number of rotatable bonds is 6. The number of methoxy groups -OCH3 is 2. The molecule has 0 radical (unpaired) electrons. The fourth-order valence-electron chi connectivity index (χ4n) is 2.72. The molecule has 2 aromatic carbocycles. The summed E-state index contributed by atoms with van der Waals surface area (Å²) in [5.74, 6) is 1.22. The molecule has 1 atom stereocenters. The van der Waals surface area contributed by atoms with Crippen molar-refractivity contribution in [3.05, 3.63) is 58.4 Å². The Bertz CT molecular complexity index is 1070. The lowest BCUT2D eigenvalue weighted by atomic mass is 10.2. The number of para-hydroxylation sites is 1. The van der Waals surface area contributed by atoms with E-state index in [9.17, 15) is 4.79 Å². The Morgan fingerprint density at radius 1 is 1.19 bits per heavy atom. The van der Waals surface area contributed by atoms with Gasteiger partial charge in [0.2, 0.25) is 0 Å². The van der Waals surface area contributed by atoms with Gasteiger partial charge in [0.15, 0.2) is 16.7 Å². The van der Waals surface area contributed by atoms with Crippen LogP contribution in [0.25, 0.3) is 10.9 Å². The maximum absolute atomic E-state index is 13.1. The lowest BCUT2D eigenvalue weighted by Gasteiger charge is -2.15. The second-order valence-electron chi connectivity index (χ2n) is 5.88. The largest absolute Gasteiger partial charge is 0.493 e. The van der Waals surface area contributed by atoms with Gasteiger partial charge in [-0.25, -0.2) is 4.98 Å². The van der Waals surface area contributed by atoms with Crippen LogP contribution in [-0.2, 0) is 6.54 Å². The molecule has 3 aromatic rings. The predicted molar refractivity (Wildman–Crippen MR) is 106 cm³/mol. The number of hydrogen-bond donors (Lipinski definition) is 0. The van der Waals surface area contributed by atoms with E-state index < -0.39 is 0 Å². The van der Waals surface area contributed by atoms with Crippen molar-refractivity contribution in [1.29, 1.82) is 5.26 Å². The standard InChI is InChI=1S/C20H19N3O3S/c1-13(11-21)27-20-22-16-7-5-4-6-15(16)19(24)23(20)12-14-8-9-17(25-2)18(10-14)26-3/h4-10,13H,12H2,1-3H3. The van der Waals surface area contributed by atoms with Crippen LogP contribution < -0.4 is 15.0 Å². The number of ether oxygens (including phenoxy) is 2. The lowest BCUT2D eigenvalue weighted by molar-refractivity contribution is 0.354. The average molecular weight is 381 g/mol. The Morgan fingerprint density at radius 2 is 1.93 bits per heavy atom. The first-order valence-electron chi connectivity index (χ1n) is 8.34. The van der Waals surface area contributed by atoms with Crippen LogP contribution in [0.2, 0.25) is 0 Å². The fraction of sp³-hybridized carbons (Fsp3) is 0.250. The van der Waals surface area contributed by atoms with E-state index >= 15 is 0 Å². The van der Waals surface area contributed by atoms with E-state index in [-0.39, 0.29) is 10.8 Å². The molecule has 7 heteroatoms. The molecule has 0 amide bonds. The molecule has 6 nitrogen and oxygen atoms in total. The third-order valence-corrected chi connectivity index (χ3v) is 5.06. The quantitative estimate of drug-likeness (QED) is 0.481. The maximum atomic E-state index is 13.1. The summed E-state index contributed by atoms with van der Waals surface area (Å²) in [5, 5.41) is 9.91. The molecule has 0 saturated carbocycles. The topological polar surface area (TPSA) is 77.1 Å². The molecule has 0 aliphatic heterocycles. The highest BCUT2D eigenvalue weighted by Crippen LogP contribution is 2.29. The van der Waals surface area contributed by atoms with Gasteiger partial charge in [-0.1, -0.05) is 30.0 Å². The second kappa shape index (κ2) is 8.14. The van der Waals surface area contributed by atoms with Crippen LogP contribution in [0, 0.1) is 11.3 Å². The molecule has 1 aromatic heterocycles. The molecular weight excluding hydrogens is 362 g/mol. The van der Waals surface area contributed by atoms with E-state index in [1.165, 1.54) is 11.8 Å². The molecule has 0 bridgehead atoms. The van der Waals surface area contributed by atoms with E-state index in [0.717, 1.165) is 5.56 Å². The van der Waals surface area contributed by atoms with Gasteiger partial charge in [0, 0.05) is 0 Å². The van der Waals surface area contributed by atoms with Crippen molar-refractivity contribution in [3.8, 4) is 17.6 Å². The van der Waals surface area contributed by atoms with Crippen molar-refractivity contribution in [1.82, 2.24) is 9.55 Å². The second-order valence-corrected chi connectivity index (χ2v) is 7.19. The average Bonchev–Trinajstić information content (AvgIpc) is 2.70. The molecule has 0 N–H and O–H groups in total. The molecular formula is C20H19N3O3S. The minimum atomic E-state index is -0.324. The van der Waals surface area contributed by atoms with E-state index in [1.807, 2.05) is 24.3 Å². The minimum Gasteiger partial charge on any atom is -0.493 e. The van der Waals surface area contributed by atoms with E-state index in [0.29, 0.717) is 34.1 Å². The first-order valence-corrected chi connectivity index (χ1v) is 9.22. The van der Waals surface area contributed by atoms with Crippen molar-refractivity contribution in [2.24, 2.45) is 0 Å². The molecule has 3 rings (SSSR count). The van der Waals surface area contributed by atoms with Crippen LogP contribution in [0.3, 0.4) is 0 Å². The summed E-state index contributed by atoms with van der Waals surface area (Å²) >= 11 is 1.27. The highest BCUT2D eigenvalue weighted by atomic mass is 32.2. The third kappa shape index (κ3) is 3.91. The van der Waals surface area contributed by atoms with Gasteiger partial charge in [0.05, 0.1) is 43.0 Å². The van der Waals surface area contributed by atoms with Crippen molar-refractivity contribution in [2.75, 3.05) is 14.2 Å². The number of hydrogen-bond acceptors (Lipinski definition) is 6. The van der Waals surface area contributed by atoms with Crippen LogP contribution >= 0.6 is 11.8 Å². The molecule has 0 spiro atoms. The van der Waals surface area contributed by atoms with Gasteiger partial charge in [-0.3, -0.25) is 9.36 Å². The number of aromatic nitrogens is 2. The molecule has 1 heterocycles. The Morgan fingerprint density at radius 3 is 2.63 bits per heavy atom. The van der Waals surface area contributed by atoms with Crippen LogP contribution in [-0.4, -0.2) is 29.0 Å². The van der Waals surface area contributed by atoms with Crippen molar-refractivity contribution in [2.45, 2.75) is 23.9 Å². The summed E-state index contributed by atoms with van der Waals surface area (Å²) in [5.41, 5.74) is 1.36. The van der Waals surface area contributed by atoms with Crippen LogP contribution in [0.5, 0.6) is 11.5 Å². The fourth-order valence-corrected chi connectivity index (χ4v) is 3.52. The first-order chi connectivity index (χ1) is 13.1. The Hall–Kier alpha value is -2.98. The van der Waals surface area contributed by atoms with Crippen molar-refractivity contribution < 1.29 is 9.47 Å². The molecule has 1 unspecified atom stereocenters. The molecule has 138 valence electrons. The van der Waals surface area contributed by atoms with Crippen LogP contribution in [0.1, 0.15) is 12.5 Å². The Kier molecular flexibility index (Phi) is 5.67. The van der Waals surface area contributed by atoms with Gasteiger partial charge in [0.1, 0.15) is 0 Å². The number of thioether (sulfide) groups is 1. The van der Waals surface area contributed by atoms with E-state index in [4.69, 9.17) is 14.7 Å². The van der Waals surface area contributed by atoms with Crippen molar-refractivity contribution >= 4 is 22.7 Å². The monoisotopic (exact) mass is 381 g/mol. The summed E-state index contributed by atoms with van der Waals surface area (Å²) in [6.07, 6.45) is 0. The SMILES string of the molecule is COc1ccc(Cn2c(SC(C)C#N)nc3ccccc3c2=O)cc1OC. The summed E-state index contributed by atoms with van der Waals surface area (Å²) in [6.45, 7) is 2.10. The summed E-state index contributed by atoms with van der Waals surface area (Å²) in [7, 11) is 3.15. The van der Waals surface area contributed by atoms with Crippen LogP contribution in [0.15, 0.2) is 52.4 Å². The maximum Gasteiger partial charge on any atom is 0.262 e. The number of fused-ring (bicyclic) bond motifs is 1. The molecule has 0 aliphatic rings. The first kappa shape index (κ1) is 18.8. The van der Waals surface area contributed by atoms with Gasteiger partial charge in [0.25, 0.3) is 5.56 Å². The van der Waals surface area contributed by atoms with Gasteiger partial charge < -0.3 is 9.47 Å². The van der Waals surface area contributed by atoms with Gasteiger partial charge in [-0.05, 0) is 36.8 Å². The van der Waals surface area contributed by atoms with Gasteiger partial charge in [-0.15, -0.1) is 0 Å². The number of nitrogens with zero attached hydrogens (tertiary/aromatic N) is 3. The summed E-state index contributed by atoms with van der Waals surface area (Å²) in [6, 6.07) is 14.9.